The van der Waals surface area contributed by atoms with E-state index in [2.05, 4.69) is 53.7 Å². The van der Waals surface area contributed by atoms with Gasteiger partial charge in [-0.1, -0.05) is 65.8 Å². The molecular weight excluding hydrogens is 300 g/mol. The van der Waals surface area contributed by atoms with Crippen molar-refractivity contribution in [3.05, 3.63) is 69.8 Å². The Kier molecular flexibility index (Phi) is 6.13. The van der Waals surface area contributed by atoms with Crippen molar-refractivity contribution >= 4 is 11.4 Å². The number of nitrogen functional groups attached to an aromatic ring is 1. The molecule has 0 heterocycles. The summed E-state index contributed by atoms with van der Waals surface area (Å²) in [5.41, 5.74) is 9.26. The highest BCUT2D eigenvalue weighted by molar-refractivity contribution is 5.41. The second-order valence-electron chi connectivity index (χ2n) is 7.93. The first-order valence-corrected chi connectivity index (χ1v) is 8.02. The SMILES string of the molecule is CC(C)(C)c1ccc(N)cc1.CC(C)(C)c1ccc([N+](=O)[O-])cc1. The summed E-state index contributed by atoms with van der Waals surface area (Å²) in [6.07, 6.45) is 0. The number of nitrogens with two attached hydrogens (primary N) is 1. The van der Waals surface area contributed by atoms with Gasteiger partial charge in [0, 0.05) is 17.8 Å². The molecule has 0 aliphatic carbocycles. The minimum Gasteiger partial charge on any atom is -0.399 e. The number of nitro groups is 1. The van der Waals surface area contributed by atoms with Crippen molar-refractivity contribution in [2.24, 2.45) is 0 Å². The Bertz CT molecular complexity index is 661. The number of rotatable bonds is 1. The average Bonchev–Trinajstić information content (AvgIpc) is 2.46. The molecule has 0 aromatic heterocycles. The van der Waals surface area contributed by atoms with Gasteiger partial charge in [-0.15, -0.1) is 0 Å². The molecule has 24 heavy (non-hydrogen) atoms. The maximum Gasteiger partial charge on any atom is 0.269 e. The zero-order valence-electron chi connectivity index (χ0n) is 15.5. The Labute approximate surface area is 144 Å². The van der Waals surface area contributed by atoms with Crippen LogP contribution in [0.3, 0.4) is 0 Å². The molecular formula is C20H28N2O2. The van der Waals surface area contributed by atoms with E-state index >= 15 is 0 Å². The Morgan fingerprint density at radius 2 is 1.08 bits per heavy atom. The normalized spacial score (nSPS) is 11.4. The lowest BCUT2D eigenvalue weighted by Gasteiger charge is -2.18. The second-order valence-corrected chi connectivity index (χ2v) is 7.93. The molecule has 2 N–H and O–H groups in total. The number of benzene rings is 2. The van der Waals surface area contributed by atoms with Gasteiger partial charge in [-0.3, -0.25) is 10.1 Å². The first kappa shape index (κ1) is 19.7. The van der Waals surface area contributed by atoms with Crippen LogP contribution in [0.2, 0.25) is 0 Å². The molecule has 2 aromatic carbocycles. The first-order chi connectivity index (χ1) is 10.9. The van der Waals surface area contributed by atoms with E-state index in [9.17, 15) is 10.1 Å². The van der Waals surface area contributed by atoms with Crippen molar-refractivity contribution in [1.82, 2.24) is 0 Å². The third-order valence-electron chi connectivity index (χ3n) is 3.72. The highest BCUT2D eigenvalue weighted by atomic mass is 16.6. The van der Waals surface area contributed by atoms with Crippen LogP contribution in [-0.4, -0.2) is 4.92 Å². The summed E-state index contributed by atoms with van der Waals surface area (Å²) in [4.78, 5) is 9.98. The first-order valence-electron chi connectivity index (χ1n) is 8.02. The molecule has 2 rings (SSSR count). The molecule has 0 unspecified atom stereocenters. The maximum atomic E-state index is 10.4. The molecule has 4 heteroatoms. The van der Waals surface area contributed by atoms with Gasteiger partial charge >= 0.3 is 0 Å². The van der Waals surface area contributed by atoms with Gasteiger partial charge in [0.05, 0.1) is 4.92 Å². The van der Waals surface area contributed by atoms with E-state index < -0.39 is 0 Å². The lowest BCUT2D eigenvalue weighted by Crippen LogP contribution is -2.10. The van der Waals surface area contributed by atoms with Gasteiger partial charge in [0.15, 0.2) is 0 Å². The van der Waals surface area contributed by atoms with Gasteiger partial charge in [-0.05, 0) is 34.1 Å². The Balaban J connectivity index is 0.000000243. The second kappa shape index (κ2) is 7.47. The minimum atomic E-state index is -0.383. The lowest BCUT2D eigenvalue weighted by molar-refractivity contribution is -0.384. The monoisotopic (exact) mass is 328 g/mol. The van der Waals surface area contributed by atoms with Gasteiger partial charge in [-0.2, -0.15) is 0 Å². The van der Waals surface area contributed by atoms with E-state index in [0.29, 0.717) is 0 Å². The third-order valence-corrected chi connectivity index (χ3v) is 3.72. The maximum absolute atomic E-state index is 10.4. The number of non-ortho nitro benzene ring substituents is 1. The fourth-order valence-electron chi connectivity index (χ4n) is 2.07. The molecule has 0 radical (unpaired) electrons. The summed E-state index contributed by atoms with van der Waals surface area (Å²) in [6.45, 7) is 12.8. The molecule has 0 atom stereocenters. The molecule has 2 aromatic rings. The molecule has 0 fully saturated rings. The van der Waals surface area contributed by atoms with Crippen LogP contribution in [0.4, 0.5) is 11.4 Å². The number of anilines is 1. The Morgan fingerprint density at radius 3 is 1.38 bits per heavy atom. The lowest BCUT2D eigenvalue weighted by atomic mass is 9.87. The van der Waals surface area contributed by atoms with E-state index in [4.69, 9.17) is 5.73 Å². The van der Waals surface area contributed by atoms with E-state index in [1.54, 1.807) is 24.3 Å². The molecule has 0 aliphatic rings. The van der Waals surface area contributed by atoms with Crippen LogP contribution in [0, 0.1) is 10.1 Å². The minimum absolute atomic E-state index is 0.0507. The summed E-state index contributed by atoms with van der Waals surface area (Å²) in [5.74, 6) is 0. The third kappa shape index (κ3) is 6.03. The van der Waals surface area contributed by atoms with Crippen LogP contribution in [0.15, 0.2) is 48.5 Å². The van der Waals surface area contributed by atoms with Gasteiger partial charge < -0.3 is 5.73 Å². The molecule has 0 spiro atoms. The van der Waals surface area contributed by atoms with Crippen molar-refractivity contribution in [1.29, 1.82) is 0 Å². The number of hydrogen-bond donors (Lipinski definition) is 1. The quantitative estimate of drug-likeness (QED) is 0.429. The summed E-state index contributed by atoms with van der Waals surface area (Å²) >= 11 is 0. The van der Waals surface area contributed by atoms with Crippen LogP contribution in [0.25, 0.3) is 0 Å². The molecule has 0 saturated carbocycles. The molecule has 0 bridgehead atoms. The average molecular weight is 328 g/mol. The topological polar surface area (TPSA) is 69.2 Å². The van der Waals surface area contributed by atoms with E-state index in [1.165, 1.54) is 5.56 Å². The summed E-state index contributed by atoms with van der Waals surface area (Å²) in [7, 11) is 0. The zero-order valence-corrected chi connectivity index (χ0v) is 15.5. The van der Waals surface area contributed by atoms with Crippen LogP contribution in [0.5, 0.6) is 0 Å². The predicted octanol–water partition coefficient (Wildman–Crippen LogP) is 5.46. The molecule has 0 saturated heterocycles. The standard InChI is InChI=1S/C10H13NO2.C10H15N/c1-10(2,3)8-4-6-9(7-5-8)11(12)13;1-10(2,3)8-4-6-9(11)7-5-8/h4-7H,1-3H3;4-7H,11H2,1-3H3. The van der Waals surface area contributed by atoms with E-state index in [0.717, 1.165) is 11.3 Å². The number of nitro benzene ring substituents is 1. The number of hydrogen-bond acceptors (Lipinski definition) is 3. The molecule has 130 valence electrons. The molecule has 4 nitrogen and oxygen atoms in total. The van der Waals surface area contributed by atoms with Gasteiger partial charge in [0.25, 0.3) is 5.69 Å². The summed E-state index contributed by atoms with van der Waals surface area (Å²) in [5, 5.41) is 10.4. The highest BCUT2D eigenvalue weighted by Crippen LogP contribution is 2.24. The summed E-state index contributed by atoms with van der Waals surface area (Å²) in [6, 6.07) is 14.7. The van der Waals surface area contributed by atoms with Crippen LogP contribution >= 0.6 is 0 Å². The van der Waals surface area contributed by atoms with Gasteiger partial charge in [0.2, 0.25) is 0 Å². The van der Waals surface area contributed by atoms with E-state index in [1.807, 2.05) is 12.1 Å². The number of nitrogens with zero attached hydrogens (tertiary/aromatic N) is 1. The van der Waals surface area contributed by atoms with Crippen molar-refractivity contribution in [3.63, 3.8) is 0 Å². The Hall–Kier alpha value is -2.36. The van der Waals surface area contributed by atoms with Gasteiger partial charge in [-0.25, -0.2) is 0 Å². The predicted molar refractivity (Wildman–Crippen MR) is 101 cm³/mol. The van der Waals surface area contributed by atoms with Crippen molar-refractivity contribution < 1.29 is 4.92 Å². The fourth-order valence-corrected chi connectivity index (χ4v) is 2.07. The van der Waals surface area contributed by atoms with Crippen LogP contribution < -0.4 is 5.73 Å². The smallest absolute Gasteiger partial charge is 0.269 e. The highest BCUT2D eigenvalue weighted by Gasteiger charge is 2.14. The van der Waals surface area contributed by atoms with Crippen molar-refractivity contribution in [2.45, 2.75) is 52.4 Å². The Morgan fingerprint density at radius 1 is 0.750 bits per heavy atom. The van der Waals surface area contributed by atoms with E-state index in [-0.39, 0.29) is 21.4 Å². The van der Waals surface area contributed by atoms with Crippen molar-refractivity contribution in [2.75, 3.05) is 5.73 Å². The molecule has 0 aliphatic heterocycles. The van der Waals surface area contributed by atoms with Crippen LogP contribution in [-0.2, 0) is 10.8 Å². The van der Waals surface area contributed by atoms with Crippen molar-refractivity contribution in [3.8, 4) is 0 Å². The summed E-state index contributed by atoms with van der Waals surface area (Å²) < 4.78 is 0. The fraction of sp³-hybridized carbons (Fsp3) is 0.400. The largest absolute Gasteiger partial charge is 0.399 e. The van der Waals surface area contributed by atoms with Crippen LogP contribution in [0.1, 0.15) is 52.7 Å². The van der Waals surface area contributed by atoms with Gasteiger partial charge in [0.1, 0.15) is 0 Å². The zero-order chi connectivity index (χ0) is 18.5. The molecule has 0 amide bonds.